The maximum Gasteiger partial charge on any atom is 0.264 e. The van der Waals surface area contributed by atoms with Gasteiger partial charge in [-0.25, -0.2) is 0 Å². The van der Waals surface area contributed by atoms with Gasteiger partial charge in [-0.3, -0.25) is 14.9 Å². The number of halogens is 1. The van der Waals surface area contributed by atoms with Gasteiger partial charge in [0.1, 0.15) is 11.5 Å². The van der Waals surface area contributed by atoms with E-state index in [1.54, 1.807) is 36.4 Å². The summed E-state index contributed by atoms with van der Waals surface area (Å²) >= 11 is 8.21. The van der Waals surface area contributed by atoms with Gasteiger partial charge in [0.05, 0.1) is 18.0 Å². The number of carbonyl (C=O) groups excluding carboxylic acids is 2. The summed E-state index contributed by atoms with van der Waals surface area (Å²) in [6, 6.07) is 13.9. The van der Waals surface area contributed by atoms with Crippen LogP contribution in [0.15, 0.2) is 52.9 Å². The van der Waals surface area contributed by atoms with Crippen LogP contribution in [0.2, 0.25) is 5.02 Å². The average Bonchev–Trinajstić information content (AvgIpc) is 3.21. The van der Waals surface area contributed by atoms with Crippen molar-refractivity contribution in [2.45, 2.75) is 11.3 Å². The van der Waals surface area contributed by atoms with Crippen LogP contribution in [0.1, 0.15) is 6.92 Å². The lowest BCUT2D eigenvalue weighted by molar-refractivity contribution is -0.118. The number of carbonyl (C=O) groups is 2. The Bertz CT molecular complexity index is 1030. The third-order valence-corrected chi connectivity index (χ3v) is 5.85. The third kappa shape index (κ3) is 7.42. The van der Waals surface area contributed by atoms with Gasteiger partial charge in [0, 0.05) is 5.02 Å². The number of hydrogen-bond donors (Lipinski definition) is 2. The van der Waals surface area contributed by atoms with E-state index in [0.29, 0.717) is 38.3 Å². The fraction of sp³-hybridized carbons (Fsp3) is 0.200. The summed E-state index contributed by atoms with van der Waals surface area (Å²) in [6.45, 7) is 2.21. The largest absolute Gasteiger partial charge is 0.492 e. The molecule has 2 amide bonds. The Morgan fingerprint density at radius 2 is 1.81 bits per heavy atom. The molecule has 11 heteroatoms. The van der Waals surface area contributed by atoms with Crippen LogP contribution in [0.4, 0.5) is 10.8 Å². The van der Waals surface area contributed by atoms with Crippen LogP contribution in [0.25, 0.3) is 0 Å². The lowest BCUT2D eigenvalue weighted by Gasteiger charge is -2.10. The Balaban J connectivity index is 1.43. The number of anilines is 2. The van der Waals surface area contributed by atoms with Gasteiger partial charge in [-0.1, -0.05) is 46.8 Å². The maximum atomic E-state index is 12.2. The summed E-state index contributed by atoms with van der Waals surface area (Å²) < 4.78 is 11.4. The van der Waals surface area contributed by atoms with Crippen LogP contribution >= 0.6 is 34.7 Å². The van der Waals surface area contributed by atoms with E-state index >= 15 is 0 Å². The highest BCUT2D eigenvalue weighted by Gasteiger charge is 2.12. The molecule has 162 valence electrons. The van der Waals surface area contributed by atoms with E-state index in [-0.39, 0.29) is 24.2 Å². The molecule has 0 atom stereocenters. The normalized spacial score (nSPS) is 10.4. The Morgan fingerprint density at radius 3 is 2.58 bits per heavy atom. The maximum absolute atomic E-state index is 12.2. The summed E-state index contributed by atoms with van der Waals surface area (Å²) in [5.74, 6) is 0.722. The van der Waals surface area contributed by atoms with E-state index in [0.717, 1.165) is 0 Å². The minimum Gasteiger partial charge on any atom is -0.492 e. The van der Waals surface area contributed by atoms with E-state index in [2.05, 4.69) is 20.8 Å². The number of thioether (sulfide) groups is 1. The molecule has 3 aromatic rings. The molecule has 0 saturated heterocycles. The van der Waals surface area contributed by atoms with Gasteiger partial charge < -0.3 is 14.8 Å². The zero-order valence-electron chi connectivity index (χ0n) is 16.5. The molecule has 2 N–H and O–H groups in total. The number of amides is 2. The van der Waals surface area contributed by atoms with Crippen molar-refractivity contribution in [2.75, 3.05) is 29.6 Å². The fourth-order valence-corrected chi connectivity index (χ4v) is 4.01. The third-order valence-electron chi connectivity index (χ3n) is 3.62. The summed E-state index contributed by atoms with van der Waals surface area (Å²) in [5, 5.41) is 14.2. The summed E-state index contributed by atoms with van der Waals surface area (Å²) in [6.07, 6.45) is 0. The van der Waals surface area contributed by atoms with Gasteiger partial charge in [-0.05, 0) is 43.3 Å². The molecule has 2 aromatic carbocycles. The van der Waals surface area contributed by atoms with Gasteiger partial charge in [0.2, 0.25) is 11.0 Å². The highest BCUT2D eigenvalue weighted by Crippen LogP contribution is 2.27. The first-order valence-electron chi connectivity index (χ1n) is 9.19. The van der Waals surface area contributed by atoms with Gasteiger partial charge in [-0.2, -0.15) is 0 Å². The van der Waals surface area contributed by atoms with Crippen molar-refractivity contribution in [3.63, 3.8) is 0 Å². The molecule has 31 heavy (non-hydrogen) atoms. The first kappa shape index (κ1) is 22.9. The quantitative estimate of drug-likeness (QED) is 0.330. The molecule has 3 rings (SSSR count). The van der Waals surface area contributed by atoms with Crippen LogP contribution in [0.3, 0.4) is 0 Å². The minimum atomic E-state index is -0.368. The number of para-hydroxylation sites is 2. The SMILES string of the molecule is CCOc1ccccc1NC(=O)CSc1nnc(NC(=O)COc2ccc(Cl)cc2)s1. The van der Waals surface area contributed by atoms with Crippen LogP contribution in [-0.4, -0.2) is 41.0 Å². The number of nitrogens with zero attached hydrogens (tertiary/aromatic N) is 2. The second-order valence-corrected chi connectivity index (χ2v) is 8.57. The van der Waals surface area contributed by atoms with Gasteiger partial charge in [0.15, 0.2) is 10.9 Å². The van der Waals surface area contributed by atoms with Gasteiger partial charge in [0.25, 0.3) is 5.91 Å². The van der Waals surface area contributed by atoms with E-state index < -0.39 is 0 Å². The Hall–Kier alpha value is -2.82. The van der Waals surface area contributed by atoms with Crippen molar-refractivity contribution in [1.29, 1.82) is 0 Å². The molecule has 1 heterocycles. The minimum absolute atomic E-state index is 0.142. The first-order chi connectivity index (χ1) is 15.0. The highest BCUT2D eigenvalue weighted by atomic mass is 35.5. The van der Waals surface area contributed by atoms with E-state index in [1.807, 2.05) is 19.1 Å². The number of rotatable bonds is 10. The molecule has 0 radical (unpaired) electrons. The molecule has 0 aliphatic carbocycles. The topological polar surface area (TPSA) is 102 Å². The Morgan fingerprint density at radius 1 is 1.03 bits per heavy atom. The molecule has 0 saturated carbocycles. The number of nitrogens with one attached hydrogen (secondary N) is 2. The number of hydrogen-bond acceptors (Lipinski definition) is 8. The number of aromatic nitrogens is 2. The van der Waals surface area contributed by atoms with Crippen molar-refractivity contribution in [3.8, 4) is 11.5 Å². The van der Waals surface area contributed by atoms with Gasteiger partial charge >= 0.3 is 0 Å². The lowest BCUT2D eigenvalue weighted by Crippen LogP contribution is -2.20. The van der Waals surface area contributed by atoms with Crippen molar-refractivity contribution >= 4 is 57.3 Å². The van der Waals surface area contributed by atoms with Crippen molar-refractivity contribution in [1.82, 2.24) is 10.2 Å². The Labute approximate surface area is 192 Å². The summed E-state index contributed by atoms with van der Waals surface area (Å²) in [4.78, 5) is 24.3. The molecular formula is C20H19ClN4O4S2. The zero-order chi connectivity index (χ0) is 22.1. The van der Waals surface area contributed by atoms with E-state index in [4.69, 9.17) is 21.1 Å². The molecule has 0 bridgehead atoms. The standard InChI is InChI=1S/C20H19ClN4O4S2/c1-2-28-16-6-4-3-5-15(16)22-18(27)12-30-20-25-24-19(31-20)23-17(26)11-29-14-9-7-13(21)8-10-14/h3-10H,2,11-12H2,1H3,(H,22,27)(H,23,24,26). The summed E-state index contributed by atoms with van der Waals surface area (Å²) in [7, 11) is 0. The predicted octanol–water partition coefficient (Wildman–Crippen LogP) is 4.34. The van der Waals surface area contributed by atoms with Crippen molar-refractivity contribution in [3.05, 3.63) is 53.6 Å². The van der Waals surface area contributed by atoms with Gasteiger partial charge in [-0.15, -0.1) is 10.2 Å². The van der Waals surface area contributed by atoms with Crippen LogP contribution in [-0.2, 0) is 9.59 Å². The highest BCUT2D eigenvalue weighted by molar-refractivity contribution is 8.01. The zero-order valence-corrected chi connectivity index (χ0v) is 18.9. The van der Waals surface area contributed by atoms with Crippen molar-refractivity contribution in [2.24, 2.45) is 0 Å². The molecule has 0 fully saturated rings. The van der Waals surface area contributed by atoms with Crippen LogP contribution in [0, 0.1) is 0 Å². The van der Waals surface area contributed by atoms with Crippen LogP contribution < -0.4 is 20.1 Å². The Kier molecular flexibility index (Phi) is 8.51. The predicted molar refractivity (Wildman–Crippen MR) is 122 cm³/mol. The molecular weight excluding hydrogens is 460 g/mol. The summed E-state index contributed by atoms with van der Waals surface area (Å²) in [5.41, 5.74) is 0.612. The molecule has 0 spiro atoms. The molecule has 1 aromatic heterocycles. The molecule has 0 aliphatic heterocycles. The lowest BCUT2D eigenvalue weighted by atomic mass is 10.3. The first-order valence-corrected chi connectivity index (χ1v) is 11.4. The molecule has 8 nitrogen and oxygen atoms in total. The smallest absolute Gasteiger partial charge is 0.264 e. The number of ether oxygens (including phenoxy) is 2. The van der Waals surface area contributed by atoms with Crippen molar-refractivity contribution < 1.29 is 19.1 Å². The van der Waals surface area contributed by atoms with E-state index in [1.165, 1.54) is 23.1 Å². The van der Waals surface area contributed by atoms with Crippen LogP contribution in [0.5, 0.6) is 11.5 Å². The second-order valence-electron chi connectivity index (χ2n) is 5.93. The fourth-order valence-electron chi connectivity index (χ4n) is 2.32. The number of benzene rings is 2. The molecule has 0 aliphatic rings. The molecule has 0 unspecified atom stereocenters. The van der Waals surface area contributed by atoms with E-state index in [9.17, 15) is 9.59 Å². The monoisotopic (exact) mass is 478 g/mol. The second kappa shape index (κ2) is 11.5. The average molecular weight is 479 g/mol.